The molecule has 0 aliphatic heterocycles. The number of carbonyl (C=O) groups is 1. The fourth-order valence-corrected chi connectivity index (χ4v) is 2.74. The molecule has 0 heterocycles. The zero-order chi connectivity index (χ0) is 20.8. The summed E-state index contributed by atoms with van der Waals surface area (Å²) >= 11 is 0. The minimum Gasteiger partial charge on any atom is -0.493 e. The van der Waals surface area contributed by atoms with Crippen molar-refractivity contribution in [3.63, 3.8) is 0 Å². The van der Waals surface area contributed by atoms with Crippen LogP contribution in [0.5, 0.6) is 11.5 Å². The van der Waals surface area contributed by atoms with Gasteiger partial charge in [-0.2, -0.15) is 8.78 Å². The van der Waals surface area contributed by atoms with Crippen LogP contribution in [0.3, 0.4) is 0 Å². The van der Waals surface area contributed by atoms with Gasteiger partial charge in [0.1, 0.15) is 0 Å². The second-order valence-electron chi connectivity index (χ2n) is 6.76. The number of amides is 1. The normalized spacial score (nSPS) is 12.2. The highest BCUT2D eigenvalue weighted by Gasteiger charge is 2.20. The van der Waals surface area contributed by atoms with Crippen LogP contribution in [0, 0.1) is 13.8 Å². The molecule has 0 aliphatic rings. The number of aryl methyl sites for hydroxylation is 2. The summed E-state index contributed by atoms with van der Waals surface area (Å²) in [7, 11) is 3.21. The Morgan fingerprint density at radius 2 is 1.86 bits per heavy atom. The molecule has 0 aliphatic carbocycles. The number of methoxy groups -OCH3 is 1. The standard InChI is InChI=1S/C21H26F2N2O3/c1-13-6-7-14(2)17(10-13)24-20(26)15(3)25(4)12-16-8-9-18(28-21(22)23)19(11-16)27-5/h6-11,15,21H,12H2,1-5H3,(H,24,26)/t15-/m0/s1. The number of ether oxygens (including phenoxy) is 2. The van der Waals surface area contributed by atoms with Crippen molar-refractivity contribution >= 4 is 11.6 Å². The summed E-state index contributed by atoms with van der Waals surface area (Å²) in [6.45, 7) is 3.24. The average Bonchev–Trinajstić information content (AvgIpc) is 2.64. The van der Waals surface area contributed by atoms with Crippen LogP contribution in [0.2, 0.25) is 0 Å². The number of nitrogens with zero attached hydrogens (tertiary/aromatic N) is 1. The predicted octanol–water partition coefficient (Wildman–Crippen LogP) is 4.37. The van der Waals surface area contributed by atoms with Crippen molar-refractivity contribution in [2.45, 2.75) is 40.0 Å². The Hall–Kier alpha value is -2.67. The Bertz CT molecular complexity index is 827. The maximum atomic E-state index is 12.6. The molecule has 7 heteroatoms. The minimum atomic E-state index is -2.92. The largest absolute Gasteiger partial charge is 0.493 e. The van der Waals surface area contributed by atoms with Crippen LogP contribution in [0.15, 0.2) is 36.4 Å². The van der Waals surface area contributed by atoms with Gasteiger partial charge in [0.2, 0.25) is 5.91 Å². The molecule has 0 fully saturated rings. The van der Waals surface area contributed by atoms with Crippen molar-refractivity contribution in [1.82, 2.24) is 4.90 Å². The number of anilines is 1. The maximum Gasteiger partial charge on any atom is 0.387 e. The molecule has 0 saturated carbocycles. The van der Waals surface area contributed by atoms with E-state index >= 15 is 0 Å². The summed E-state index contributed by atoms with van der Waals surface area (Å²) in [5.74, 6) is 0.0733. The third kappa shape index (κ3) is 5.66. The molecule has 1 amide bonds. The number of benzene rings is 2. The van der Waals surface area contributed by atoms with Crippen LogP contribution < -0.4 is 14.8 Å². The van der Waals surface area contributed by atoms with Crippen molar-refractivity contribution in [3.8, 4) is 11.5 Å². The first-order valence-electron chi connectivity index (χ1n) is 8.91. The predicted molar refractivity (Wildman–Crippen MR) is 105 cm³/mol. The molecular formula is C21H26F2N2O3. The molecular weight excluding hydrogens is 366 g/mol. The van der Waals surface area contributed by atoms with Crippen molar-refractivity contribution in [1.29, 1.82) is 0 Å². The summed E-state index contributed by atoms with van der Waals surface area (Å²) in [4.78, 5) is 14.5. The highest BCUT2D eigenvalue weighted by molar-refractivity contribution is 5.95. The molecule has 0 saturated heterocycles. The van der Waals surface area contributed by atoms with Gasteiger partial charge in [-0.25, -0.2) is 0 Å². The highest BCUT2D eigenvalue weighted by Crippen LogP contribution is 2.30. The van der Waals surface area contributed by atoms with E-state index in [-0.39, 0.29) is 17.4 Å². The minimum absolute atomic E-state index is 0.0235. The molecule has 152 valence electrons. The Balaban J connectivity index is 2.05. The van der Waals surface area contributed by atoms with Crippen LogP contribution in [0.25, 0.3) is 0 Å². The van der Waals surface area contributed by atoms with Gasteiger partial charge in [0.25, 0.3) is 0 Å². The quantitative estimate of drug-likeness (QED) is 0.725. The van der Waals surface area contributed by atoms with E-state index in [4.69, 9.17) is 4.74 Å². The lowest BCUT2D eigenvalue weighted by atomic mass is 10.1. The van der Waals surface area contributed by atoms with Gasteiger partial charge in [-0.05, 0) is 62.7 Å². The SMILES string of the molecule is COc1cc(CN(C)[C@@H](C)C(=O)Nc2cc(C)ccc2C)ccc1OC(F)F. The van der Waals surface area contributed by atoms with Gasteiger partial charge in [0.15, 0.2) is 11.5 Å². The number of carbonyl (C=O) groups excluding carboxylic acids is 1. The molecule has 5 nitrogen and oxygen atoms in total. The Morgan fingerprint density at radius 1 is 1.14 bits per heavy atom. The third-order valence-electron chi connectivity index (χ3n) is 4.57. The van der Waals surface area contributed by atoms with E-state index in [1.165, 1.54) is 13.2 Å². The first kappa shape index (κ1) is 21.6. The first-order valence-corrected chi connectivity index (χ1v) is 8.91. The van der Waals surface area contributed by atoms with E-state index in [9.17, 15) is 13.6 Å². The fourth-order valence-electron chi connectivity index (χ4n) is 2.74. The van der Waals surface area contributed by atoms with Gasteiger partial charge < -0.3 is 14.8 Å². The van der Waals surface area contributed by atoms with E-state index in [0.717, 1.165) is 22.4 Å². The van der Waals surface area contributed by atoms with Crippen molar-refractivity contribution < 1.29 is 23.0 Å². The van der Waals surface area contributed by atoms with Crippen LogP contribution >= 0.6 is 0 Å². The number of likely N-dealkylation sites (N-methyl/N-ethyl adjacent to an activating group) is 1. The van der Waals surface area contributed by atoms with E-state index < -0.39 is 12.7 Å². The highest BCUT2D eigenvalue weighted by atomic mass is 19.3. The monoisotopic (exact) mass is 392 g/mol. The Morgan fingerprint density at radius 3 is 2.50 bits per heavy atom. The smallest absolute Gasteiger partial charge is 0.387 e. The van der Waals surface area contributed by atoms with Gasteiger partial charge in [-0.1, -0.05) is 18.2 Å². The van der Waals surface area contributed by atoms with E-state index in [2.05, 4.69) is 10.1 Å². The van der Waals surface area contributed by atoms with Gasteiger partial charge in [-0.3, -0.25) is 9.69 Å². The Labute approximate surface area is 164 Å². The van der Waals surface area contributed by atoms with Crippen LogP contribution in [-0.2, 0) is 11.3 Å². The van der Waals surface area contributed by atoms with Gasteiger partial charge >= 0.3 is 6.61 Å². The molecule has 2 aromatic rings. The van der Waals surface area contributed by atoms with Crippen molar-refractivity contribution in [2.24, 2.45) is 0 Å². The zero-order valence-corrected chi connectivity index (χ0v) is 16.8. The topological polar surface area (TPSA) is 50.8 Å². The lowest BCUT2D eigenvalue weighted by Gasteiger charge is -2.24. The lowest BCUT2D eigenvalue weighted by molar-refractivity contribution is -0.120. The van der Waals surface area contributed by atoms with E-state index in [1.54, 1.807) is 12.1 Å². The number of alkyl halides is 2. The summed E-state index contributed by atoms with van der Waals surface area (Å²) in [5, 5.41) is 2.96. The zero-order valence-electron chi connectivity index (χ0n) is 16.8. The number of nitrogens with one attached hydrogen (secondary N) is 1. The molecule has 0 aromatic heterocycles. The maximum absolute atomic E-state index is 12.6. The molecule has 0 radical (unpaired) electrons. The number of rotatable bonds is 8. The molecule has 0 spiro atoms. The molecule has 1 atom stereocenters. The Kier molecular flexibility index (Phi) is 7.34. The van der Waals surface area contributed by atoms with Crippen LogP contribution in [0.4, 0.5) is 14.5 Å². The summed E-state index contributed by atoms with van der Waals surface area (Å²) in [5.41, 5.74) is 3.67. The van der Waals surface area contributed by atoms with Crippen molar-refractivity contribution in [2.75, 3.05) is 19.5 Å². The molecule has 1 N–H and O–H groups in total. The summed E-state index contributed by atoms with van der Waals surface area (Å²) in [6, 6.07) is 10.2. The van der Waals surface area contributed by atoms with Crippen LogP contribution in [0.1, 0.15) is 23.6 Å². The van der Waals surface area contributed by atoms with Gasteiger partial charge in [0.05, 0.1) is 13.2 Å². The third-order valence-corrected chi connectivity index (χ3v) is 4.57. The van der Waals surface area contributed by atoms with Crippen molar-refractivity contribution in [3.05, 3.63) is 53.1 Å². The van der Waals surface area contributed by atoms with Gasteiger partial charge in [0, 0.05) is 12.2 Å². The lowest BCUT2D eigenvalue weighted by Crippen LogP contribution is -2.39. The molecule has 2 rings (SSSR count). The summed E-state index contributed by atoms with van der Waals surface area (Å²) < 4.78 is 34.4. The molecule has 0 bridgehead atoms. The van der Waals surface area contributed by atoms with E-state index in [0.29, 0.717) is 6.54 Å². The molecule has 0 unspecified atom stereocenters. The van der Waals surface area contributed by atoms with Gasteiger partial charge in [-0.15, -0.1) is 0 Å². The van der Waals surface area contributed by atoms with Crippen LogP contribution in [-0.4, -0.2) is 37.6 Å². The number of halogens is 2. The number of hydrogen-bond donors (Lipinski definition) is 1. The second-order valence-corrected chi connectivity index (χ2v) is 6.76. The number of hydrogen-bond acceptors (Lipinski definition) is 4. The average molecular weight is 392 g/mol. The second kappa shape index (κ2) is 9.50. The fraction of sp³-hybridized carbons (Fsp3) is 0.381. The van der Waals surface area contributed by atoms with E-state index in [1.807, 2.05) is 50.9 Å². The first-order chi connectivity index (χ1) is 13.2. The summed E-state index contributed by atoms with van der Waals surface area (Å²) in [6.07, 6.45) is 0. The molecule has 2 aromatic carbocycles. The molecule has 28 heavy (non-hydrogen) atoms.